The van der Waals surface area contributed by atoms with Crippen LogP contribution in [0.1, 0.15) is 57.9 Å². The summed E-state index contributed by atoms with van der Waals surface area (Å²) in [7, 11) is 4.33. The molecular formula is C26H33ClN2O2. The minimum atomic E-state index is -1.18. The van der Waals surface area contributed by atoms with Crippen LogP contribution in [0.5, 0.6) is 0 Å². The first-order chi connectivity index (χ1) is 14.4. The van der Waals surface area contributed by atoms with Crippen LogP contribution >= 0.6 is 11.6 Å². The summed E-state index contributed by atoms with van der Waals surface area (Å²) < 4.78 is 6.48. The van der Waals surface area contributed by atoms with Crippen molar-refractivity contribution >= 4 is 22.5 Å². The third kappa shape index (κ3) is 1.79. The fourth-order valence-electron chi connectivity index (χ4n) is 8.08. The predicted octanol–water partition coefficient (Wildman–Crippen LogP) is 3.62. The van der Waals surface area contributed by atoms with Crippen LogP contribution < -0.4 is 5.32 Å². The van der Waals surface area contributed by atoms with E-state index in [4.69, 9.17) is 16.3 Å². The van der Waals surface area contributed by atoms with Crippen LogP contribution in [-0.4, -0.2) is 33.2 Å². The fraction of sp³-hybridized carbons (Fsp3) is 0.577. The molecule has 1 saturated heterocycles. The topological polar surface area (TPSA) is 65.2 Å². The first kappa shape index (κ1) is 20.3. The standard InChI is InChI=1S/C26H33ClN2O2/c1-8-24(6)16(27)12-15-22(2,3)13-10-9-11-14-17(13)18-19(29-14)23(4,5)20-21(31-20)26(24,28-7)25(15,18)30/h8-11,15-16,20-21,29-30H,1,7,12,28H2,2-6H3/t15-,16-,20-,21+,24+,25-,26+/m1/s1. The average Bonchev–Trinajstić information content (AvgIpc) is 3.43. The number of ether oxygens (including phenoxy) is 1. The zero-order valence-electron chi connectivity index (χ0n) is 19.1. The molecule has 4 aliphatic rings. The van der Waals surface area contributed by atoms with Gasteiger partial charge in [-0.3, -0.25) is 0 Å². The number of fused-ring (bicyclic) bond motifs is 2. The number of rotatable bonds is 2. The number of hydrogen-bond acceptors (Lipinski definition) is 2. The number of alkyl halides is 1. The molecule has 31 heavy (non-hydrogen) atoms. The van der Waals surface area contributed by atoms with Crippen molar-refractivity contribution in [3.63, 3.8) is 0 Å². The summed E-state index contributed by atoms with van der Waals surface area (Å²) in [5, 5.41) is 16.2. The highest BCUT2D eigenvalue weighted by Crippen LogP contribution is 2.71. The van der Waals surface area contributed by atoms with Crippen LogP contribution in [0.15, 0.2) is 30.9 Å². The Bertz CT molecular complexity index is 1150. The van der Waals surface area contributed by atoms with E-state index in [2.05, 4.69) is 71.4 Å². The summed E-state index contributed by atoms with van der Waals surface area (Å²) in [6.45, 7) is 15.3. The summed E-state index contributed by atoms with van der Waals surface area (Å²) in [4.78, 5) is 3.73. The van der Waals surface area contributed by atoms with E-state index >= 15 is 0 Å². The van der Waals surface area contributed by atoms with Crippen LogP contribution in [0.3, 0.4) is 0 Å². The van der Waals surface area contributed by atoms with Crippen molar-refractivity contribution in [3.05, 3.63) is 54.7 Å². The van der Waals surface area contributed by atoms with E-state index in [1.807, 2.05) is 11.4 Å². The molecule has 5 heteroatoms. The number of quaternary nitrogens is 1. The monoisotopic (exact) mass is 440 g/mol. The molecule has 2 aromatic rings. The maximum Gasteiger partial charge on any atom is 0.151 e. The van der Waals surface area contributed by atoms with Gasteiger partial charge in [-0.15, -0.1) is 18.2 Å². The molecule has 2 heterocycles. The highest BCUT2D eigenvalue weighted by atomic mass is 35.5. The Morgan fingerprint density at radius 2 is 1.94 bits per heavy atom. The Morgan fingerprint density at radius 3 is 2.58 bits per heavy atom. The number of aromatic amines is 1. The number of aliphatic hydroxyl groups is 1. The number of benzene rings is 1. The van der Waals surface area contributed by atoms with Crippen molar-refractivity contribution in [2.24, 2.45) is 11.3 Å². The largest absolute Gasteiger partial charge is 0.468 e. The lowest BCUT2D eigenvalue weighted by Gasteiger charge is -2.66. The fourth-order valence-corrected chi connectivity index (χ4v) is 8.52. The van der Waals surface area contributed by atoms with Gasteiger partial charge in [0.2, 0.25) is 0 Å². The lowest BCUT2D eigenvalue weighted by Crippen LogP contribution is -3.05. The van der Waals surface area contributed by atoms with Gasteiger partial charge in [0.05, 0.1) is 5.41 Å². The maximum atomic E-state index is 13.2. The van der Waals surface area contributed by atoms with E-state index < -0.39 is 16.6 Å². The van der Waals surface area contributed by atoms with Gasteiger partial charge in [-0.2, -0.15) is 7.05 Å². The molecule has 4 nitrogen and oxygen atoms in total. The maximum absolute atomic E-state index is 13.2. The number of nitrogens with two attached hydrogens (primary N) is 1. The zero-order chi connectivity index (χ0) is 22.4. The number of halogens is 1. The van der Waals surface area contributed by atoms with E-state index in [0.29, 0.717) is 6.42 Å². The Balaban J connectivity index is 1.86. The molecule has 1 aliphatic heterocycles. The first-order valence-corrected chi connectivity index (χ1v) is 11.8. The molecule has 2 fully saturated rings. The molecule has 0 bridgehead atoms. The second-order valence-electron chi connectivity index (χ2n) is 11.6. The summed E-state index contributed by atoms with van der Waals surface area (Å²) in [6.07, 6.45) is 2.45. The third-order valence-corrected chi connectivity index (χ3v) is 10.6. The number of nitrogens with one attached hydrogen (secondary N) is 1. The normalized spacial score (nSPS) is 45.7. The van der Waals surface area contributed by atoms with E-state index in [0.717, 1.165) is 16.8 Å². The Labute approximate surface area is 189 Å². The summed E-state index contributed by atoms with van der Waals surface area (Å²) in [5.74, 6) is -0.0834. The second kappa shape index (κ2) is 5.41. The van der Waals surface area contributed by atoms with Crippen LogP contribution in [0.25, 0.3) is 10.9 Å². The van der Waals surface area contributed by atoms with Crippen molar-refractivity contribution < 1.29 is 15.2 Å². The second-order valence-corrected chi connectivity index (χ2v) is 12.1. The van der Waals surface area contributed by atoms with Crippen molar-refractivity contribution in [1.29, 1.82) is 0 Å². The predicted molar refractivity (Wildman–Crippen MR) is 123 cm³/mol. The van der Waals surface area contributed by atoms with Gasteiger partial charge in [-0.05, 0) is 30.4 Å². The van der Waals surface area contributed by atoms with E-state index in [9.17, 15) is 5.11 Å². The molecule has 7 atom stereocenters. The summed E-state index contributed by atoms with van der Waals surface area (Å²) >= 11 is 7.21. The molecule has 0 amide bonds. The van der Waals surface area contributed by atoms with Gasteiger partial charge in [0.1, 0.15) is 17.7 Å². The van der Waals surface area contributed by atoms with Gasteiger partial charge in [0.25, 0.3) is 0 Å². The highest BCUT2D eigenvalue weighted by molar-refractivity contribution is 6.21. The smallest absolute Gasteiger partial charge is 0.151 e. The van der Waals surface area contributed by atoms with Gasteiger partial charge in [-0.1, -0.05) is 45.9 Å². The van der Waals surface area contributed by atoms with Gasteiger partial charge in [0.15, 0.2) is 5.60 Å². The van der Waals surface area contributed by atoms with Crippen LogP contribution in [0.4, 0.5) is 0 Å². The highest BCUT2D eigenvalue weighted by Gasteiger charge is 2.83. The van der Waals surface area contributed by atoms with Crippen molar-refractivity contribution in [2.75, 3.05) is 0 Å². The number of hydrogen-bond donors (Lipinski definition) is 3. The molecule has 4 N–H and O–H groups in total. The SMILES string of the molecule is C=C[C@@]1(C)[C@H](Cl)C[C@@H]2C(C)(C)c3cccc4[nH]c5c(c34)[C@@]2(O)[C@]1([NH2+][CH2-])[C@H]1O[C@H]1C5(C)C. The van der Waals surface area contributed by atoms with Crippen molar-refractivity contribution in [1.82, 2.24) is 4.98 Å². The third-order valence-electron chi connectivity index (χ3n) is 9.93. The molecule has 3 aliphatic carbocycles. The number of H-pyrrole nitrogens is 1. The first-order valence-electron chi connectivity index (χ1n) is 11.4. The van der Waals surface area contributed by atoms with Crippen molar-refractivity contribution in [2.45, 2.75) is 80.6 Å². The van der Waals surface area contributed by atoms with Gasteiger partial charge in [-0.25, -0.2) is 0 Å². The lowest BCUT2D eigenvalue weighted by molar-refractivity contribution is -0.721. The van der Waals surface area contributed by atoms with Gasteiger partial charge < -0.3 is 20.1 Å². The van der Waals surface area contributed by atoms with Gasteiger partial charge >= 0.3 is 0 Å². The molecule has 1 aromatic carbocycles. The van der Waals surface area contributed by atoms with Gasteiger partial charge in [0, 0.05) is 38.9 Å². The minimum Gasteiger partial charge on any atom is -0.468 e. The van der Waals surface area contributed by atoms with Crippen LogP contribution in [0, 0.1) is 18.4 Å². The number of epoxide rings is 1. The molecule has 0 spiro atoms. The molecular weight excluding hydrogens is 408 g/mol. The quantitative estimate of drug-likeness (QED) is 0.289. The summed E-state index contributed by atoms with van der Waals surface area (Å²) in [5.41, 5.74) is 1.40. The average molecular weight is 441 g/mol. The summed E-state index contributed by atoms with van der Waals surface area (Å²) in [6, 6.07) is 6.48. The molecule has 166 valence electrons. The Morgan fingerprint density at radius 1 is 1.23 bits per heavy atom. The zero-order valence-corrected chi connectivity index (χ0v) is 19.8. The van der Waals surface area contributed by atoms with Crippen molar-refractivity contribution in [3.8, 4) is 0 Å². The molecule has 0 unspecified atom stereocenters. The number of aromatic nitrogens is 1. The Hall–Kier alpha value is -1.33. The van der Waals surface area contributed by atoms with E-state index in [-0.39, 0.29) is 34.3 Å². The minimum absolute atomic E-state index is 0.0297. The molecule has 1 saturated carbocycles. The van der Waals surface area contributed by atoms with Crippen LogP contribution in [-0.2, 0) is 21.2 Å². The van der Waals surface area contributed by atoms with E-state index in [1.165, 1.54) is 10.9 Å². The molecule has 0 radical (unpaired) electrons. The lowest BCUT2D eigenvalue weighted by atomic mass is 9.42. The Kier molecular flexibility index (Phi) is 3.54. The van der Waals surface area contributed by atoms with E-state index in [1.54, 1.807) is 0 Å². The van der Waals surface area contributed by atoms with Crippen LogP contribution in [0.2, 0.25) is 0 Å². The molecule has 1 aromatic heterocycles. The molecule has 6 rings (SSSR count).